The molecule has 0 unspecified atom stereocenters. The Morgan fingerprint density at radius 2 is 1.74 bits per heavy atom. The average Bonchev–Trinajstić information content (AvgIpc) is 2.42. The summed E-state index contributed by atoms with van der Waals surface area (Å²) in [5, 5.41) is 8.96. The number of rotatable bonds is 5. The van der Waals surface area contributed by atoms with Crippen LogP contribution in [0.5, 0.6) is 5.75 Å². The molecule has 1 aromatic rings. The molecule has 0 radical (unpaired) electrons. The molecule has 0 atom stereocenters. The lowest BCUT2D eigenvalue weighted by Crippen LogP contribution is -2.36. The zero-order valence-corrected chi connectivity index (χ0v) is 11.8. The molecule has 0 bridgehead atoms. The molecule has 5 heteroatoms. The van der Waals surface area contributed by atoms with E-state index < -0.39 is 10.0 Å². The summed E-state index contributed by atoms with van der Waals surface area (Å²) in [6.07, 6.45) is 5.40. The number of hydrogen-bond acceptors (Lipinski definition) is 3. The smallest absolute Gasteiger partial charge is 0.214 e. The molecule has 2 rings (SSSR count). The molecule has 0 spiro atoms. The molecule has 0 saturated heterocycles. The van der Waals surface area contributed by atoms with Gasteiger partial charge in [0.1, 0.15) is 5.75 Å². The standard InChI is InChI=1S/C14H21NO3S/c16-13-8-6-12(7-9-13)10-11-15-19(17,18)14-4-2-1-3-5-14/h6-9,14-16H,1-5,10-11H2. The fourth-order valence-corrected chi connectivity index (χ4v) is 4.07. The van der Waals surface area contributed by atoms with E-state index in [1.54, 1.807) is 12.1 Å². The highest BCUT2D eigenvalue weighted by Gasteiger charge is 2.26. The van der Waals surface area contributed by atoms with Gasteiger partial charge in [-0.2, -0.15) is 0 Å². The molecule has 0 aromatic heterocycles. The quantitative estimate of drug-likeness (QED) is 0.870. The summed E-state index contributed by atoms with van der Waals surface area (Å²) in [6.45, 7) is 0.420. The monoisotopic (exact) mass is 283 g/mol. The minimum atomic E-state index is -3.16. The van der Waals surface area contributed by atoms with Gasteiger partial charge in [-0.05, 0) is 37.0 Å². The van der Waals surface area contributed by atoms with Crippen molar-refractivity contribution in [3.05, 3.63) is 29.8 Å². The lowest BCUT2D eigenvalue weighted by atomic mass is 10.0. The topological polar surface area (TPSA) is 66.4 Å². The molecular weight excluding hydrogens is 262 g/mol. The van der Waals surface area contributed by atoms with Crippen LogP contribution in [0.25, 0.3) is 0 Å². The van der Waals surface area contributed by atoms with Crippen molar-refractivity contribution in [3.63, 3.8) is 0 Å². The maximum atomic E-state index is 12.1. The minimum absolute atomic E-state index is 0.207. The van der Waals surface area contributed by atoms with E-state index in [2.05, 4.69) is 4.72 Å². The number of sulfonamides is 1. The summed E-state index contributed by atoms with van der Waals surface area (Å²) in [5.41, 5.74) is 1.02. The molecule has 1 fully saturated rings. The molecule has 0 aliphatic heterocycles. The number of benzene rings is 1. The van der Waals surface area contributed by atoms with Gasteiger partial charge in [0.25, 0.3) is 0 Å². The van der Waals surface area contributed by atoms with Gasteiger partial charge in [-0.15, -0.1) is 0 Å². The maximum Gasteiger partial charge on any atom is 0.214 e. The molecule has 4 nitrogen and oxygen atoms in total. The predicted molar refractivity (Wildman–Crippen MR) is 75.6 cm³/mol. The van der Waals surface area contributed by atoms with Crippen molar-refractivity contribution >= 4 is 10.0 Å². The fraction of sp³-hybridized carbons (Fsp3) is 0.571. The molecular formula is C14H21NO3S. The first-order valence-corrected chi connectivity index (χ1v) is 8.39. The summed E-state index contributed by atoms with van der Waals surface area (Å²) in [5.74, 6) is 0.228. The Morgan fingerprint density at radius 3 is 2.37 bits per heavy atom. The van der Waals surface area contributed by atoms with E-state index in [9.17, 15) is 13.5 Å². The molecule has 0 amide bonds. The summed E-state index contributed by atoms with van der Waals surface area (Å²) < 4.78 is 26.9. The van der Waals surface area contributed by atoms with E-state index in [1.807, 2.05) is 12.1 Å². The van der Waals surface area contributed by atoms with E-state index in [0.29, 0.717) is 13.0 Å². The molecule has 106 valence electrons. The van der Waals surface area contributed by atoms with Crippen LogP contribution in [0.1, 0.15) is 37.7 Å². The van der Waals surface area contributed by atoms with Crippen molar-refractivity contribution in [2.45, 2.75) is 43.8 Å². The van der Waals surface area contributed by atoms with Crippen LogP contribution < -0.4 is 4.72 Å². The second-order valence-corrected chi connectivity index (χ2v) is 7.16. The zero-order valence-electron chi connectivity index (χ0n) is 11.0. The highest BCUT2D eigenvalue weighted by Crippen LogP contribution is 2.22. The number of hydrogen-bond donors (Lipinski definition) is 2. The molecule has 1 aromatic carbocycles. The van der Waals surface area contributed by atoms with Crippen molar-refractivity contribution in [1.82, 2.24) is 4.72 Å². The molecule has 1 aliphatic carbocycles. The third kappa shape index (κ3) is 4.21. The largest absolute Gasteiger partial charge is 0.508 e. The van der Waals surface area contributed by atoms with Gasteiger partial charge in [0.2, 0.25) is 10.0 Å². The third-order valence-electron chi connectivity index (χ3n) is 3.64. The van der Waals surface area contributed by atoms with Crippen molar-refractivity contribution < 1.29 is 13.5 Å². The van der Waals surface area contributed by atoms with Gasteiger partial charge in [0.15, 0.2) is 0 Å². The second-order valence-electron chi connectivity index (χ2n) is 5.12. The Balaban J connectivity index is 1.82. The minimum Gasteiger partial charge on any atom is -0.508 e. The number of phenols is 1. The van der Waals surface area contributed by atoms with Crippen LogP contribution in [0, 0.1) is 0 Å². The van der Waals surface area contributed by atoms with Crippen molar-refractivity contribution in [2.75, 3.05) is 6.54 Å². The molecule has 1 aliphatic rings. The van der Waals surface area contributed by atoms with E-state index in [4.69, 9.17) is 0 Å². The Morgan fingerprint density at radius 1 is 1.11 bits per heavy atom. The van der Waals surface area contributed by atoms with Crippen LogP contribution in [-0.2, 0) is 16.4 Å². The van der Waals surface area contributed by atoms with Gasteiger partial charge in [-0.3, -0.25) is 0 Å². The fourth-order valence-electron chi connectivity index (χ4n) is 2.49. The zero-order chi connectivity index (χ0) is 13.7. The Hall–Kier alpha value is -1.07. The van der Waals surface area contributed by atoms with Crippen molar-refractivity contribution in [3.8, 4) is 5.75 Å². The van der Waals surface area contributed by atoms with Crippen LogP contribution in [0.15, 0.2) is 24.3 Å². The molecule has 2 N–H and O–H groups in total. The highest BCUT2D eigenvalue weighted by molar-refractivity contribution is 7.90. The number of nitrogens with one attached hydrogen (secondary N) is 1. The van der Waals surface area contributed by atoms with Crippen LogP contribution in [0.4, 0.5) is 0 Å². The first-order valence-electron chi connectivity index (χ1n) is 6.84. The molecule has 1 saturated carbocycles. The first-order chi connectivity index (χ1) is 9.08. The number of aromatic hydroxyl groups is 1. The van der Waals surface area contributed by atoms with Gasteiger partial charge in [0, 0.05) is 6.54 Å². The van der Waals surface area contributed by atoms with Gasteiger partial charge >= 0.3 is 0 Å². The lowest BCUT2D eigenvalue weighted by Gasteiger charge is -2.21. The van der Waals surface area contributed by atoms with Gasteiger partial charge < -0.3 is 5.11 Å². The van der Waals surface area contributed by atoms with Crippen molar-refractivity contribution in [2.24, 2.45) is 0 Å². The van der Waals surface area contributed by atoms with Crippen LogP contribution in [-0.4, -0.2) is 25.3 Å². The summed E-state index contributed by atoms with van der Waals surface area (Å²) >= 11 is 0. The maximum absolute atomic E-state index is 12.1. The average molecular weight is 283 g/mol. The summed E-state index contributed by atoms with van der Waals surface area (Å²) in [4.78, 5) is 0. The van der Waals surface area contributed by atoms with E-state index in [0.717, 1.165) is 37.7 Å². The third-order valence-corrected chi connectivity index (χ3v) is 5.60. The van der Waals surface area contributed by atoms with Gasteiger partial charge in [0.05, 0.1) is 5.25 Å². The van der Waals surface area contributed by atoms with Crippen LogP contribution in [0.3, 0.4) is 0 Å². The van der Waals surface area contributed by atoms with E-state index >= 15 is 0 Å². The lowest BCUT2D eigenvalue weighted by molar-refractivity contribution is 0.474. The molecule has 0 heterocycles. The van der Waals surface area contributed by atoms with Gasteiger partial charge in [-0.25, -0.2) is 13.1 Å². The van der Waals surface area contributed by atoms with Crippen molar-refractivity contribution in [1.29, 1.82) is 0 Å². The van der Waals surface area contributed by atoms with E-state index in [1.165, 1.54) is 0 Å². The summed E-state index contributed by atoms with van der Waals surface area (Å²) in [6, 6.07) is 6.85. The van der Waals surface area contributed by atoms with E-state index in [-0.39, 0.29) is 11.0 Å². The van der Waals surface area contributed by atoms with Crippen LogP contribution >= 0.6 is 0 Å². The normalized spacial score (nSPS) is 17.5. The highest BCUT2D eigenvalue weighted by atomic mass is 32.2. The second kappa shape index (κ2) is 6.39. The Bertz CT molecular complexity index is 490. The Kier molecular flexibility index (Phi) is 4.82. The number of phenolic OH excluding ortho intramolecular Hbond substituents is 1. The summed E-state index contributed by atoms with van der Waals surface area (Å²) in [7, 11) is -3.16. The predicted octanol–water partition coefficient (Wildman–Crippen LogP) is 2.19. The van der Waals surface area contributed by atoms with Crippen LogP contribution in [0.2, 0.25) is 0 Å². The molecule has 19 heavy (non-hydrogen) atoms. The SMILES string of the molecule is O=S(=O)(NCCc1ccc(O)cc1)C1CCCCC1. The van der Waals surface area contributed by atoms with Gasteiger partial charge in [-0.1, -0.05) is 31.4 Å². The first kappa shape index (κ1) is 14.3. The Labute approximate surface area is 114 Å².